The van der Waals surface area contributed by atoms with Crippen LogP contribution in [-0.4, -0.2) is 20.4 Å². The van der Waals surface area contributed by atoms with Crippen LogP contribution in [0.25, 0.3) is 11.0 Å². The molecule has 0 aliphatic rings. The highest BCUT2D eigenvalue weighted by Gasteiger charge is 2.13. The van der Waals surface area contributed by atoms with E-state index in [-0.39, 0.29) is 11.7 Å². The monoisotopic (exact) mass is 516 g/mol. The molecule has 2 aromatic heterocycles. The summed E-state index contributed by atoms with van der Waals surface area (Å²) in [6.07, 6.45) is 3.52. The van der Waals surface area contributed by atoms with Gasteiger partial charge in [-0.3, -0.25) is 9.78 Å². The van der Waals surface area contributed by atoms with Crippen molar-refractivity contribution in [3.8, 4) is 0 Å². The first-order chi connectivity index (χ1) is 17.5. The number of nitrogens with one attached hydrogen (secondary N) is 1. The highest BCUT2D eigenvalue weighted by molar-refractivity contribution is 7.98. The summed E-state index contributed by atoms with van der Waals surface area (Å²) < 4.78 is 15.5. The van der Waals surface area contributed by atoms with Crippen LogP contribution >= 0.6 is 23.4 Å². The molecule has 0 bridgehead atoms. The molecule has 0 spiro atoms. The Morgan fingerprint density at radius 1 is 0.972 bits per heavy atom. The molecule has 0 atom stereocenters. The predicted molar refractivity (Wildman–Crippen MR) is 142 cm³/mol. The summed E-state index contributed by atoms with van der Waals surface area (Å²) in [6, 6.07) is 23.4. The van der Waals surface area contributed by atoms with Crippen LogP contribution in [0.15, 0.2) is 96.4 Å². The van der Waals surface area contributed by atoms with Gasteiger partial charge in [0.25, 0.3) is 5.91 Å². The third-order valence-corrected chi connectivity index (χ3v) is 6.98. The van der Waals surface area contributed by atoms with Crippen LogP contribution in [0.1, 0.15) is 27.0 Å². The molecule has 0 fully saturated rings. The average molecular weight is 517 g/mol. The molecule has 1 N–H and O–H groups in total. The molecule has 180 valence electrons. The van der Waals surface area contributed by atoms with Gasteiger partial charge >= 0.3 is 0 Å². The number of imidazole rings is 1. The van der Waals surface area contributed by atoms with Gasteiger partial charge in [-0.2, -0.15) is 0 Å². The van der Waals surface area contributed by atoms with Gasteiger partial charge in [0.05, 0.1) is 23.8 Å². The first kappa shape index (κ1) is 24.0. The van der Waals surface area contributed by atoms with Crippen molar-refractivity contribution in [2.75, 3.05) is 0 Å². The molecule has 5 nitrogen and oxygen atoms in total. The number of pyridine rings is 1. The summed E-state index contributed by atoms with van der Waals surface area (Å²) in [5.41, 5.74) is 5.39. The lowest BCUT2D eigenvalue weighted by atomic mass is 10.1. The number of amides is 1. The van der Waals surface area contributed by atoms with Crippen LogP contribution in [0.5, 0.6) is 0 Å². The highest BCUT2D eigenvalue weighted by atomic mass is 35.5. The van der Waals surface area contributed by atoms with Crippen molar-refractivity contribution in [3.05, 3.63) is 124 Å². The van der Waals surface area contributed by atoms with Gasteiger partial charge in [-0.05, 0) is 59.2 Å². The number of carbonyl (C=O) groups excluding carboxylic acids is 1. The molecule has 1 amide bonds. The van der Waals surface area contributed by atoms with Crippen molar-refractivity contribution in [2.45, 2.75) is 24.0 Å². The van der Waals surface area contributed by atoms with Crippen LogP contribution in [0.4, 0.5) is 4.39 Å². The molecule has 36 heavy (non-hydrogen) atoms. The lowest BCUT2D eigenvalue weighted by Gasteiger charge is -2.10. The Morgan fingerprint density at radius 3 is 2.53 bits per heavy atom. The second kappa shape index (κ2) is 10.9. The fourth-order valence-corrected chi connectivity index (χ4v) is 5.00. The molecule has 5 aromatic rings. The molecular weight excluding hydrogens is 495 g/mol. The maximum atomic E-state index is 13.4. The number of hydrogen-bond donors (Lipinski definition) is 1. The van der Waals surface area contributed by atoms with Crippen LogP contribution < -0.4 is 5.32 Å². The number of halogens is 2. The highest BCUT2D eigenvalue weighted by Crippen LogP contribution is 2.27. The largest absolute Gasteiger partial charge is 0.348 e. The fourth-order valence-electron chi connectivity index (χ4n) is 3.81. The molecule has 0 saturated heterocycles. The number of fused-ring (bicyclic) bond motifs is 1. The summed E-state index contributed by atoms with van der Waals surface area (Å²) >= 11 is 7.62. The number of benzene rings is 3. The van der Waals surface area contributed by atoms with E-state index in [1.807, 2.05) is 48.5 Å². The molecule has 0 aliphatic carbocycles. The molecule has 2 heterocycles. The van der Waals surface area contributed by atoms with Crippen LogP contribution in [0.3, 0.4) is 0 Å². The Kier molecular flexibility index (Phi) is 7.30. The Morgan fingerprint density at radius 2 is 1.75 bits per heavy atom. The third-order valence-electron chi connectivity index (χ3n) is 5.70. The average Bonchev–Trinajstić information content (AvgIpc) is 3.25. The van der Waals surface area contributed by atoms with Gasteiger partial charge in [0.2, 0.25) is 0 Å². The van der Waals surface area contributed by atoms with Gasteiger partial charge in [0.1, 0.15) is 5.82 Å². The molecule has 0 aliphatic heterocycles. The fraction of sp³-hybridized carbons (Fsp3) is 0.107. The minimum Gasteiger partial charge on any atom is -0.348 e. The van der Waals surface area contributed by atoms with Gasteiger partial charge in [-0.25, -0.2) is 9.37 Å². The van der Waals surface area contributed by atoms with E-state index in [2.05, 4.69) is 14.9 Å². The van der Waals surface area contributed by atoms with E-state index in [9.17, 15) is 9.18 Å². The van der Waals surface area contributed by atoms with Gasteiger partial charge in [-0.15, -0.1) is 0 Å². The van der Waals surface area contributed by atoms with Gasteiger partial charge in [0.15, 0.2) is 5.16 Å². The quantitative estimate of drug-likeness (QED) is 0.239. The molecule has 5 rings (SSSR count). The summed E-state index contributed by atoms with van der Waals surface area (Å²) in [4.78, 5) is 21.6. The van der Waals surface area contributed by atoms with E-state index < -0.39 is 0 Å². The van der Waals surface area contributed by atoms with Gasteiger partial charge in [0, 0.05) is 29.1 Å². The van der Waals surface area contributed by atoms with Crippen molar-refractivity contribution in [1.29, 1.82) is 0 Å². The topological polar surface area (TPSA) is 59.8 Å². The van der Waals surface area contributed by atoms with Crippen LogP contribution in [0, 0.1) is 5.82 Å². The van der Waals surface area contributed by atoms with Crippen molar-refractivity contribution >= 4 is 40.3 Å². The zero-order valence-electron chi connectivity index (χ0n) is 19.2. The lowest BCUT2D eigenvalue weighted by molar-refractivity contribution is 0.0951. The summed E-state index contributed by atoms with van der Waals surface area (Å²) in [5, 5.41) is 4.42. The number of hydrogen-bond acceptors (Lipinski definition) is 4. The van der Waals surface area contributed by atoms with E-state index in [0.717, 1.165) is 32.9 Å². The number of rotatable bonds is 8. The van der Waals surface area contributed by atoms with E-state index >= 15 is 0 Å². The third kappa shape index (κ3) is 5.75. The van der Waals surface area contributed by atoms with E-state index in [1.54, 1.807) is 42.4 Å². The van der Waals surface area contributed by atoms with Gasteiger partial charge in [-0.1, -0.05) is 59.8 Å². The summed E-state index contributed by atoms with van der Waals surface area (Å²) in [5.74, 6) is 0.291. The normalized spacial score (nSPS) is 11.1. The first-order valence-corrected chi connectivity index (χ1v) is 12.7. The summed E-state index contributed by atoms with van der Waals surface area (Å²) in [7, 11) is 0. The van der Waals surface area contributed by atoms with E-state index in [0.29, 0.717) is 29.4 Å². The molecular formula is C28H22ClFN4OS. The molecule has 3 aromatic carbocycles. The van der Waals surface area contributed by atoms with Crippen molar-refractivity contribution in [3.63, 3.8) is 0 Å². The van der Waals surface area contributed by atoms with E-state index in [4.69, 9.17) is 16.6 Å². The number of aromatic nitrogens is 3. The SMILES string of the molecule is O=C(NCc1cccc(Cl)c1)c1ccc(CSc2nc3ccncc3n2Cc2ccc(F)cc2)cc1. The maximum Gasteiger partial charge on any atom is 0.251 e. The molecule has 0 unspecified atom stereocenters. The minimum absolute atomic E-state index is 0.136. The minimum atomic E-state index is -0.257. The van der Waals surface area contributed by atoms with Crippen molar-refractivity contribution < 1.29 is 9.18 Å². The van der Waals surface area contributed by atoms with E-state index in [1.165, 1.54) is 12.1 Å². The Labute approximate surface area is 217 Å². The Balaban J connectivity index is 1.26. The molecule has 0 saturated carbocycles. The summed E-state index contributed by atoms with van der Waals surface area (Å²) in [6.45, 7) is 0.979. The van der Waals surface area contributed by atoms with Gasteiger partial charge < -0.3 is 9.88 Å². The smallest absolute Gasteiger partial charge is 0.251 e. The lowest BCUT2D eigenvalue weighted by Crippen LogP contribution is -2.22. The molecule has 0 radical (unpaired) electrons. The van der Waals surface area contributed by atoms with Crippen LogP contribution in [-0.2, 0) is 18.8 Å². The second-order valence-electron chi connectivity index (χ2n) is 8.27. The number of nitrogens with zero attached hydrogens (tertiary/aromatic N) is 3. The second-order valence-corrected chi connectivity index (χ2v) is 9.65. The zero-order chi connectivity index (χ0) is 24.9. The standard InChI is InChI=1S/C28H22ClFN4OS/c29-23-3-1-2-21(14-23)15-32-27(35)22-8-4-20(5-9-22)18-36-28-33-25-12-13-31-16-26(25)34(28)17-19-6-10-24(30)11-7-19/h1-14,16H,15,17-18H2,(H,32,35). The van der Waals surface area contributed by atoms with Crippen molar-refractivity contribution in [2.24, 2.45) is 0 Å². The predicted octanol–water partition coefficient (Wildman–Crippen LogP) is 6.49. The maximum absolute atomic E-state index is 13.4. The number of carbonyl (C=O) groups is 1. The van der Waals surface area contributed by atoms with Crippen LogP contribution in [0.2, 0.25) is 5.02 Å². The number of thioether (sulfide) groups is 1. The Bertz CT molecular complexity index is 1500. The Hall–Kier alpha value is -3.68. The zero-order valence-corrected chi connectivity index (χ0v) is 20.8. The molecule has 8 heteroatoms. The van der Waals surface area contributed by atoms with Crippen molar-refractivity contribution in [1.82, 2.24) is 19.9 Å². The first-order valence-electron chi connectivity index (χ1n) is 11.3.